The highest BCUT2D eigenvalue weighted by atomic mass is 35.5. The minimum Gasteiger partial charge on any atom is -0.497 e. The van der Waals surface area contributed by atoms with E-state index < -0.39 is 0 Å². The molecule has 0 unspecified atom stereocenters. The van der Waals surface area contributed by atoms with Crippen LogP contribution in [0.2, 0.25) is 0 Å². The Labute approximate surface area is 159 Å². The van der Waals surface area contributed by atoms with Gasteiger partial charge >= 0.3 is 0 Å². The van der Waals surface area contributed by atoms with Crippen molar-refractivity contribution in [1.29, 1.82) is 0 Å². The SMILES string of the molecule is COc1ccc(CN(Cc2ccc(OC)cc2)SC2(CCl)CC2)cc1. The molecular weight excluding hydrogens is 354 g/mol. The molecule has 2 aromatic rings. The van der Waals surface area contributed by atoms with Gasteiger partial charge in [-0.25, -0.2) is 4.31 Å². The zero-order valence-corrected chi connectivity index (χ0v) is 16.3. The number of halogens is 1. The van der Waals surface area contributed by atoms with Gasteiger partial charge in [-0.2, -0.15) is 0 Å². The highest BCUT2D eigenvalue weighted by molar-refractivity contribution is 7.98. The third-order valence-electron chi connectivity index (χ3n) is 4.41. The summed E-state index contributed by atoms with van der Waals surface area (Å²) in [4.78, 5) is 0. The molecule has 1 saturated carbocycles. The van der Waals surface area contributed by atoms with Gasteiger partial charge in [0.15, 0.2) is 0 Å². The third-order valence-corrected chi connectivity index (χ3v) is 6.54. The summed E-state index contributed by atoms with van der Waals surface area (Å²) in [5.41, 5.74) is 2.54. The fourth-order valence-corrected chi connectivity index (χ4v) is 4.37. The maximum Gasteiger partial charge on any atom is 0.118 e. The van der Waals surface area contributed by atoms with Gasteiger partial charge in [0, 0.05) is 23.7 Å². The Hall–Kier alpha value is -1.36. The molecule has 1 aliphatic carbocycles. The van der Waals surface area contributed by atoms with Gasteiger partial charge in [-0.05, 0) is 48.2 Å². The second-order valence-corrected chi connectivity index (χ2v) is 8.23. The van der Waals surface area contributed by atoms with Crippen LogP contribution in [0.1, 0.15) is 24.0 Å². The first-order valence-corrected chi connectivity index (χ1v) is 9.73. The Morgan fingerprint density at radius 1 is 0.880 bits per heavy atom. The number of hydrogen-bond donors (Lipinski definition) is 0. The van der Waals surface area contributed by atoms with Crippen molar-refractivity contribution in [3.63, 3.8) is 0 Å². The fourth-order valence-electron chi connectivity index (χ4n) is 2.65. The quantitative estimate of drug-likeness (QED) is 0.446. The Morgan fingerprint density at radius 2 is 1.32 bits per heavy atom. The summed E-state index contributed by atoms with van der Waals surface area (Å²) < 4.78 is 13.1. The van der Waals surface area contributed by atoms with Crippen LogP contribution in [0.15, 0.2) is 48.5 Å². The molecule has 0 spiro atoms. The summed E-state index contributed by atoms with van der Waals surface area (Å²) in [6.07, 6.45) is 2.39. The number of hydrogen-bond acceptors (Lipinski definition) is 4. The molecule has 0 radical (unpaired) electrons. The Kier molecular flexibility index (Phi) is 6.15. The lowest BCUT2D eigenvalue weighted by Gasteiger charge is -2.26. The summed E-state index contributed by atoms with van der Waals surface area (Å²) in [5.74, 6) is 2.48. The van der Waals surface area contributed by atoms with Crippen molar-refractivity contribution in [2.75, 3.05) is 20.1 Å². The average molecular weight is 378 g/mol. The second-order valence-electron chi connectivity index (χ2n) is 6.40. The first-order chi connectivity index (χ1) is 12.2. The Balaban J connectivity index is 1.71. The average Bonchev–Trinajstić information content (AvgIpc) is 3.43. The zero-order valence-electron chi connectivity index (χ0n) is 14.7. The van der Waals surface area contributed by atoms with E-state index in [4.69, 9.17) is 21.1 Å². The van der Waals surface area contributed by atoms with Crippen molar-refractivity contribution < 1.29 is 9.47 Å². The molecule has 0 amide bonds. The van der Waals surface area contributed by atoms with Gasteiger partial charge in [0.25, 0.3) is 0 Å². The predicted molar refractivity (Wildman–Crippen MR) is 106 cm³/mol. The first kappa shape index (κ1) is 18.4. The summed E-state index contributed by atoms with van der Waals surface area (Å²) in [6.45, 7) is 1.75. The van der Waals surface area contributed by atoms with E-state index in [0.29, 0.717) is 5.88 Å². The van der Waals surface area contributed by atoms with Crippen LogP contribution < -0.4 is 9.47 Å². The number of methoxy groups -OCH3 is 2. The van der Waals surface area contributed by atoms with Crippen LogP contribution in [0.4, 0.5) is 0 Å². The molecule has 3 rings (SSSR count). The Morgan fingerprint density at radius 3 is 1.64 bits per heavy atom. The summed E-state index contributed by atoms with van der Waals surface area (Å²) in [6, 6.07) is 16.6. The predicted octanol–water partition coefficient (Wildman–Crippen LogP) is 5.13. The zero-order chi connectivity index (χ0) is 17.7. The van der Waals surface area contributed by atoms with Gasteiger partial charge in [-0.15, -0.1) is 11.6 Å². The minimum absolute atomic E-state index is 0.223. The largest absolute Gasteiger partial charge is 0.497 e. The van der Waals surface area contributed by atoms with Crippen LogP contribution in [0, 0.1) is 0 Å². The topological polar surface area (TPSA) is 21.7 Å². The van der Waals surface area contributed by atoms with Crippen molar-refractivity contribution in [2.45, 2.75) is 30.7 Å². The molecule has 0 saturated heterocycles. The van der Waals surface area contributed by atoms with E-state index in [9.17, 15) is 0 Å². The lowest BCUT2D eigenvalue weighted by atomic mass is 10.2. The number of ether oxygens (including phenoxy) is 2. The highest BCUT2D eigenvalue weighted by Gasteiger charge is 2.44. The number of alkyl halides is 1. The Bertz CT molecular complexity index is 622. The molecule has 1 aliphatic rings. The van der Waals surface area contributed by atoms with Gasteiger partial charge < -0.3 is 9.47 Å². The standard InChI is InChI=1S/C20H24ClNO2S/c1-23-18-7-3-16(4-8-18)13-22(25-20(15-21)11-12-20)14-17-5-9-19(24-2)10-6-17/h3-10H,11-15H2,1-2H3. The molecular formula is C20H24ClNO2S. The van der Waals surface area contributed by atoms with Crippen molar-refractivity contribution in [2.24, 2.45) is 0 Å². The molecule has 0 atom stereocenters. The monoisotopic (exact) mass is 377 g/mol. The lowest BCUT2D eigenvalue weighted by Crippen LogP contribution is -2.21. The molecule has 134 valence electrons. The van der Waals surface area contributed by atoms with Crippen LogP contribution >= 0.6 is 23.5 Å². The van der Waals surface area contributed by atoms with E-state index >= 15 is 0 Å². The van der Waals surface area contributed by atoms with Crippen LogP contribution in [0.25, 0.3) is 0 Å². The highest BCUT2D eigenvalue weighted by Crippen LogP contribution is 2.51. The lowest BCUT2D eigenvalue weighted by molar-refractivity contribution is 0.413. The van der Waals surface area contributed by atoms with E-state index in [-0.39, 0.29) is 4.75 Å². The van der Waals surface area contributed by atoms with Crippen LogP contribution in [-0.4, -0.2) is 29.2 Å². The van der Waals surface area contributed by atoms with Gasteiger partial charge in [0.1, 0.15) is 11.5 Å². The first-order valence-electron chi connectivity index (χ1n) is 8.42. The molecule has 0 heterocycles. The van der Waals surface area contributed by atoms with Crippen molar-refractivity contribution in [1.82, 2.24) is 4.31 Å². The molecule has 0 aromatic heterocycles. The molecule has 0 N–H and O–H groups in total. The van der Waals surface area contributed by atoms with E-state index in [1.54, 1.807) is 14.2 Å². The molecule has 25 heavy (non-hydrogen) atoms. The van der Waals surface area contributed by atoms with E-state index in [2.05, 4.69) is 28.6 Å². The number of rotatable bonds is 9. The van der Waals surface area contributed by atoms with Gasteiger partial charge in [-0.3, -0.25) is 0 Å². The van der Waals surface area contributed by atoms with Gasteiger partial charge in [0.2, 0.25) is 0 Å². The maximum absolute atomic E-state index is 6.20. The van der Waals surface area contributed by atoms with Crippen LogP contribution in [0.5, 0.6) is 11.5 Å². The molecule has 0 aliphatic heterocycles. The molecule has 2 aromatic carbocycles. The second kappa shape index (κ2) is 8.35. The van der Waals surface area contributed by atoms with Gasteiger partial charge in [-0.1, -0.05) is 36.2 Å². The minimum atomic E-state index is 0.223. The van der Waals surface area contributed by atoms with Crippen LogP contribution in [-0.2, 0) is 13.1 Å². The van der Waals surface area contributed by atoms with Crippen molar-refractivity contribution >= 4 is 23.5 Å². The van der Waals surface area contributed by atoms with E-state index in [0.717, 1.165) is 24.6 Å². The van der Waals surface area contributed by atoms with Crippen molar-refractivity contribution in [3.8, 4) is 11.5 Å². The van der Waals surface area contributed by atoms with E-state index in [1.165, 1.54) is 24.0 Å². The maximum atomic E-state index is 6.20. The number of nitrogens with zero attached hydrogens (tertiary/aromatic N) is 1. The summed E-state index contributed by atoms with van der Waals surface area (Å²) >= 11 is 8.11. The molecule has 3 nitrogen and oxygen atoms in total. The summed E-state index contributed by atoms with van der Waals surface area (Å²) in [7, 11) is 3.39. The fraction of sp³-hybridized carbons (Fsp3) is 0.400. The smallest absolute Gasteiger partial charge is 0.118 e. The normalized spacial score (nSPS) is 15.2. The van der Waals surface area contributed by atoms with Crippen LogP contribution in [0.3, 0.4) is 0 Å². The summed E-state index contributed by atoms with van der Waals surface area (Å²) in [5, 5.41) is 0. The molecule has 5 heteroatoms. The van der Waals surface area contributed by atoms with E-state index in [1.807, 2.05) is 36.2 Å². The number of benzene rings is 2. The van der Waals surface area contributed by atoms with Crippen molar-refractivity contribution in [3.05, 3.63) is 59.7 Å². The third kappa shape index (κ3) is 5.06. The molecule has 1 fully saturated rings. The van der Waals surface area contributed by atoms with Gasteiger partial charge in [0.05, 0.1) is 14.2 Å². The molecule has 0 bridgehead atoms.